The van der Waals surface area contributed by atoms with Gasteiger partial charge in [-0.15, -0.1) is 24.0 Å². The fraction of sp³-hybridized carbons (Fsp3) is 0.391. The number of rotatable bonds is 6. The van der Waals surface area contributed by atoms with Crippen LogP contribution in [0.15, 0.2) is 59.6 Å². The molecule has 1 aliphatic heterocycles. The molecule has 0 radical (unpaired) electrons. The lowest BCUT2D eigenvalue weighted by Gasteiger charge is -2.22. The molecule has 2 N–H and O–H groups in total. The molecule has 1 heterocycles. The summed E-state index contributed by atoms with van der Waals surface area (Å²) in [5, 5.41) is 6.26. The van der Waals surface area contributed by atoms with Crippen molar-refractivity contribution < 1.29 is 4.79 Å². The quantitative estimate of drug-likeness (QED) is 0.349. The minimum Gasteiger partial charge on any atom is -0.357 e. The standard InChI is InChI=1S/C23H30N4O.HI/c1-3-24-23(25-16-20-10-7-11-22(15-20)26-18(2)28)27-13-12-21(17-27)14-19-8-5-4-6-9-19;/h4-11,15,21H,3,12-14,16-17H2,1-2H3,(H,24,25)(H,26,28);1H. The monoisotopic (exact) mass is 506 g/mol. The topological polar surface area (TPSA) is 56.7 Å². The third-order valence-corrected chi connectivity index (χ3v) is 4.95. The van der Waals surface area contributed by atoms with Crippen LogP contribution in [0, 0.1) is 5.92 Å². The number of likely N-dealkylation sites (tertiary alicyclic amines) is 1. The fourth-order valence-electron chi connectivity index (χ4n) is 3.68. The molecular formula is C23H31IN4O. The van der Waals surface area contributed by atoms with Gasteiger partial charge in [0, 0.05) is 32.2 Å². The minimum atomic E-state index is -0.0597. The van der Waals surface area contributed by atoms with Gasteiger partial charge in [-0.05, 0) is 48.9 Å². The number of aliphatic imine (C=N–C) groups is 1. The lowest BCUT2D eigenvalue weighted by molar-refractivity contribution is -0.114. The molecule has 0 aromatic heterocycles. The normalized spacial score (nSPS) is 16.3. The van der Waals surface area contributed by atoms with Crippen molar-refractivity contribution in [3.8, 4) is 0 Å². The SMILES string of the molecule is CCNC(=NCc1cccc(NC(C)=O)c1)N1CCC(Cc2ccccc2)C1.I. The number of nitrogens with one attached hydrogen (secondary N) is 2. The van der Waals surface area contributed by atoms with Crippen molar-refractivity contribution in [2.75, 3.05) is 25.0 Å². The van der Waals surface area contributed by atoms with Crippen molar-refractivity contribution in [3.63, 3.8) is 0 Å². The van der Waals surface area contributed by atoms with Crippen molar-refractivity contribution in [2.45, 2.75) is 33.2 Å². The van der Waals surface area contributed by atoms with Crippen LogP contribution in [0.5, 0.6) is 0 Å². The molecule has 1 atom stereocenters. The molecular weight excluding hydrogens is 475 g/mol. The molecule has 1 fully saturated rings. The number of carbonyl (C=O) groups is 1. The van der Waals surface area contributed by atoms with Crippen LogP contribution in [-0.2, 0) is 17.8 Å². The summed E-state index contributed by atoms with van der Waals surface area (Å²) in [5.41, 5.74) is 3.31. The zero-order valence-electron chi connectivity index (χ0n) is 17.2. The van der Waals surface area contributed by atoms with Gasteiger partial charge in [0.1, 0.15) is 0 Å². The zero-order chi connectivity index (χ0) is 19.8. The first kappa shape index (κ1) is 23.2. The third-order valence-electron chi connectivity index (χ3n) is 4.95. The van der Waals surface area contributed by atoms with Crippen LogP contribution in [0.25, 0.3) is 0 Å². The highest BCUT2D eigenvalue weighted by Gasteiger charge is 2.24. The maximum Gasteiger partial charge on any atom is 0.221 e. The summed E-state index contributed by atoms with van der Waals surface area (Å²) in [4.78, 5) is 18.5. The molecule has 0 spiro atoms. The van der Waals surface area contributed by atoms with Gasteiger partial charge in [0.05, 0.1) is 6.54 Å². The van der Waals surface area contributed by atoms with Crippen molar-refractivity contribution in [2.24, 2.45) is 10.9 Å². The van der Waals surface area contributed by atoms with Gasteiger partial charge in [0.15, 0.2) is 5.96 Å². The van der Waals surface area contributed by atoms with E-state index in [4.69, 9.17) is 4.99 Å². The number of hydrogen-bond acceptors (Lipinski definition) is 2. The largest absolute Gasteiger partial charge is 0.357 e. The summed E-state index contributed by atoms with van der Waals surface area (Å²) < 4.78 is 0. The Balaban J connectivity index is 0.00000300. The number of halogens is 1. The summed E-state index contributed by atoms with van der Waals surface area (Å²) in [6.45, 7) is 7.14. The molecule has 6 heteroatoms. The highest BCUT2D eigenvalue weighted by molar-refractivity contribution is 14.0. The van der Waals surface area contributed by atoms with E-state index in [-0.39, 0.29) is 29.9 Å². The summed E-state index contributed by atoms with van der Waals surface area (Å²) >= 11 is 0. The van der Waals surface area contributed by atoms with E-state index < -0.39 is 0 Å². The Bertz CT molecular complexity index is 810. The fourth-order valence-corrected chi connectivity index (χ4v) is 3.68. The molecule has 1 unspecified atom stereocenters. The Morgan fingerprint density at radius 2 is 1.90 bits per heavy atom. The number of amides is 1. The minimum absolute atomic E-state index is 0. The highest BCUT2D eigenvalue weighted by atomic mass is 127. The van der Waals surface area contributed by atoms with Crippen molar-refractivity contribution in [3.05, 3.63) is 65.7 Å². The van der Waals surface area contributed by atoms with E-state index in [1.54, 1.807) is 0 Å². The van der Waals surface area contributed by atoms with Gasteiger partial charge < -0.3 is 15.5 Å². The van der Waals surface area contributed by atoms with Gasteiger partial charge >= 0.3 is 0 Å². The number of hydrogen-bond donors (Lipinski definition) is 2. The number of guanidine groups is 1. The predicted molar refractivity (Wildman–Crippen MR) is 131 cm³/mol. The van der Waals surface area contributed by atoms with Crippen molar-refractivity contribution in [1.29, 1.82) is 0 Å². The average molecular weight is 506 g/mol. The average Bonchev–Trinajstić information content (AvgIpc) is 3.14. The Kier molecular flexibility index (Phi) is 9.44. The summed E-state index contributed by atoms with van der Waals surface area (Å²) in [6.07, 6.45) is 2.31. The van der Waals surface area contributed by atoms with Crippen LogP contribution in [0.3, 0.4) is 0 Å². The Morgan fingerprint density at radius 3 is 2.62 bits per heavy atom. The molecule has 0 bridgehead atoms. The van der Waals surface area contributed by atoms with Gasteiger partial charge in [-0.2, -0.15) is 0 Å². The lowest BCUT2D eigenvalue weighted by Crippen LogP contribution is -2.40. The molecule has 2 aromatic carbocycles. The highest BCUT2D eigenvalue weighted by Crippen LogP contribution is 2.21. The Labute approximate surface area is 191 Å². The lowest BCUT2D eigenvalue weighted by atomic mass is 9.99. The van der Waals surface area contributed by atoms with Crippen LogP contribution in [0.1, 0.15) is 31.4 Å². The van der Waals surface area contributed by atoms with E-state index in [1.807, 2.05) is 24.3 Å². The molecule has 1 amide bonds. The smallest absolute Gasteiger partial charge is 0.221 e. The summed E-state index contributed by atoms with van der Waals surface area (Å²) in [6, 6.07) is 18.6. The molecule has 156 valence electrons. The summed E-state index contributed by atoms with van der Waals surface area (Å²) in [5.74, 6) is 1.58. The first-order valence-electron chi connectivity index (χ1n) is 10.1. The molecule has 29 heavy (non-hydrogen) atoms. The van der Waals surface area contributed by atoms with E-state index in [0.717, 1.165) is 43.3 Å². The molecule has 2 aromatic rings. The van der Waals surface area contributed by atoms with E-state index >= 15 is 0 Å². The predicted octanol–water partition coefficient (Wildman–Crippen LogP) is 4.29. The van der Waals surface area contributed by atoms with Crippen LogP contribution in [-0.4, -0.2) is 36.4 Å². The maximum atomic E-state index is 11.3. The van der Waals surface area contributed by atoms with E-state index in [1.165, 1.54) is 18.9 Å². The molecule has 0 aliphatic carbocycles. The van der Waals surface area contributed by atoms with Crippen LogP contribution >= 0.6 is 24.0 Å². The molecule has 3 rings (SSSR count). The van der Waals surface area contributed by atoms with Gasteiger partial charge in [-0.1, -0.05) is 42.5 Å². The van der Waals surface area contributed by atoms with E-state index in [0.29, 0.717) is 12.5 Å². The van der Waals surface area contributed by atoms with Crippen LogP contribution < -0.4 is 10.6 Å². The van der Waals surface area contributed by atoms with E-state index in [2.05, 4.69) is 52.8 Å². The Morgan fingerprint density at radius 1 is 1.14 bits per heavy atom. The second-order valence-electron chi connectivity index (χ2n) is 7.34. The van der Waals surface area contributed by atoms with Gasteiger partial charge in [-0.3, -0.25) is 4.79 Å². The summed E-state index contributed by atoms with van der Waals surface area (Å²) in [7, 11) is 0. The first-order chi connectivity index (χ1) is 13.6. The van der Waals surface area contributed by atoms with Gasteiger partial charge in [0.2, 0.25) is 5.91 Å². The first-order valence-corrected chi connectivity index (χ1v) is 10.1. The van der Waals surface area contributed by atoms with Crippen LogP contribution in [0.2, 0.25) is 0 Å². The molecule has 1 aliphatic rings. The maximum absolute atomic E-state index is 11.3. The zero-order valence-corrected chi connectivity index (χ0v) is 19.6. The number of nitrogens with zero attached hydrogens (tertiary/aromatic N) is 2. The van der Waals surface area contributed by atoms with Crippen molar-refractivity contribution >= 4 is 41.5 Å². The molecule has 1 saturated heterocycles. The van der Waals surface area contributed by atoms with Crippen LogP contribution in [0.4, 0.5) is 5.69 Å². The van der Waals surface area contributed by atoms with Crippen molar-refractivity contribution in [1.82, 2.24) is 10.2 Å². The number of carbonyl (C=O) groups excluding carboxylic acids is 1. The molecule has 5 nitrogen and oxygen atoms in total. The molecule has 0 saturated carbocycles. The Hall–Kier alpha value is -2.09. The van der Waals surface area contributed by atoms with Gasteiger partial charge in [0.25, 0.3) is 0 Å². The van der Waals surface area contributed by atoms with E-state index in [9.17, 15) is 4.79 Å². The third kappa shape index (κ3) is 7.34. The number of anilines is 1. The number of benzene rings is 2. The van der Waals surface area contributed by atoms with Gasteiger partial charge in [-0.25, -0.2) is 4.99 Å². The second-order valence-corrected chi connectivity index (χ2v) is 7.34. The second kappa shape index (κ2) is 11.8.